The summed E-state index contributed by atoms with van der Waals surface area (Å²) in [5, 5.41) is 14.5. The molecular formula is C17H29N7O3. The highest BCUT2D eigenvalue weighted by molar-refractivity contribution is 5.82. The molecule has 0 spiro atoms. The number of nitro benzene ring substituents is 1. The Morgan fingerprint density at radius 1 is 1.22 bits per heavy atom. The summed E-state index contributed by atoms with van der Waals surface area (Å²) in [4.78, 5) is 19.0. The molecule has 0 bridgehead atoms. The van der Waals surface area contributed by atoms with E-state index in [2.05, 4.69) is 22.3 Å². The number of anilines is 1. The van der Waals surface area contributed by atoms with E-state index in [0.29, 0.717) is 11.4 Å². The molecule has 0 saturated carbocycles. The molecule has 0 aromatic heterocycles. The van der Waals surface area contributed by atoms with Crippen LogP contribution in [0.15, 0.2) is 17.1 Å². The van der Waals surface area contributed by atoms with Gasteiger partial charge in [0.2, 0.25) is 0 Å². The van der Waals surface area contributed by atoms with Gasteiger partial charge in [0.1, 0.15) is 17.1 Å². The summed E-state index contributed by atoms with van der Waals surface area (Å²) in [6, 6.07) is 2.96. The van der Waals surface area contributed by atoms with Gasteiger partial charge in [0.05, 0.1) is 12.0 Å². The maximum absolute atomic E-state index is 11.2. The monoisotopic (exact) mass is 379 g/mol. The second-order valence-corrected chi connectivity index (χ2v) is 6.55. The van der Waals surface area contributed by atoms with Crippen LogP contribution in [0.2, 0.25) is 0 Å². The van der Waals surface area contributed by atoms with Gasteiger partial charge >= 0.3 is 0 Å². The van der Waals surface area contributed by atoms with Gasteiger partial charge in [0, 0.05) is 51.4 Å². The standard InChI is InChI=1S/C12H17N5O3.C5H12N2/c1-20-11-7-9(16-4-2-3-5-16)10(17(18)19)6-8(11)15-12(13)14;1-7-4-2-6-3-5-7/h6-7H,2-5H2,1H3,(H4,13,14,15);6H,2-5H2,1H3. The minimum atomic E-state index is -0.432. The lowest BCUT2D eigenvalue weighted by Gasteiger charge is -2.21. The van der Waals surface area contributed by atoms with Crippen LogP contribution in [0.4, 0.5) is 17.1 Å². The molecule has 1 aromatic rings. The molecule has 2 fully saturated rings. The largest absolute Gasteiger partial charge is 0.494 e. The van der Waals surface area contributed by atoms with E-state index in [1.807, 2.05) is 4.90 Å². The lowest BCUT2D eigenvalue weighted by Crippen LogP contribution is -2.40. The summed E-state index contributed by atoms with van der Waals surface area (Å²) in [7, 11) is 3.63. The van der Waals surface area contributed by atoms with Gasteiger partial charge in [-0.05, 0) is 19.9 Å². The number of nitrogens with zero attached hydrogens (tertiary/aromatic N) is 4. The molecule has 0 amide bonds. The lowest BCUT2D eigenvalue weighted by molar-refractivity contribution is -0.384. The predicted octanol–water partition coefficient (Wildman–Crippen LogP) is 0.630. The molecule has 5 N–H and O–H groups in total. The molecule has 0 aliphatic carbocycles. The minimum Gasteiger partial charge on any atom is -0.494 e. The van der Waals surface area contributed by atoms with Crippen molar-refractivity contribution in [2.45, 2.75) is 12.8 Å². The number of rotatable bonds is 4. The third-order valence-electron chi connectivity index (χ3n) is 4.51. The van der Waals surface area contributed by atoms with Gasteiger partial charge in [-0.25, -0.2) is 4.99 Å². The predicted molar refractivity (Wildman–Crippen MR) is 107 cm³/mol. The number of aliphatic imine (C=N–C) groups is 1. The summed E-state index contributed by atoms with van der Waals surface area (Å²) in [5.74, 6) is 0.234. The van der Waals surface area contributed by atoms with Crippen molar-refractivity contribution in [1.82, 2.24) is 10.2 Å². The van der Waals surface area contributed by atoms with Gasteiger partial charge in [-0.3, -0.25) is 10.1 Å². The molecule has 2 aliphatic rings. The van der Waals surface area contributed by atoms with Crippen molar-refractivity contribution in [3.05, 3.63) is 22.2 Å². The number of guanidine groups is 1. The summed E-state index contributed by atoms with van der Waals surface area (Å²) in [6.07, 6.45) is 2.05. The zero-order chi connectivity index (χ0) is 19.8. The first-order valence-corrected chi connectivity index (χ1v) is 9.02. The van der Waals surface area contributed by atoms with E-state index in [-0.39, 0.29) is 17.3 Å². The molecule has 150 valence electrons. The summed E-state index contributed by atoms with van der Waals surface area (Å²) < 4.78 is 5.21. The maximum atomic E-state index is 11.2. The summed E-state index contributed by atoms with van der Waals surface area (Å²) in [6.45, 7) is 6.34. The van der Waals surface area contributed by atoms with Crippen molar-refractivity contribution < 1.29 is 9.66 Å². The van der Waals surface area contributed by atoms with Gasteiger partial charge in [-0.1, -0.05) is 0 Å². The molecule has 0 radical (unpaired) electrons. The van der Waals surface area contributed by atoms with Crippen LogP contribution in [0.5, 0.6) is 5.75 Å². The summed E-state index contributed by atoms with van der Waals surface area (Å²) >= 11 is 0. The lowest BCUT2D eigenvalue weighted by atomic mass is 10.2. The molecule has 1 aromatic carbocycles. The Bertz CT molecular complexity index is 665. The molecule has 2 heterocycles. The van der Waals surface area contributed by atoms with Crippen molar-refractivity contribution in [2.24, 2.45) is 16.5 Å². The third-order valence-corrected chi connectivity index (χ3v) is 4.51. The van der Waals surface area contributed by atoms with Gasteiger partial charge in [0.15, 0.2) is 5.96 Å². The highest BCUT2D eigenvalue weighted by Crippen LogP contribution is 2.40. The Hall–Kier alpha value is -2.59. The first-order chi connectivity index (χ1) is 12.9. The van der Waals surface area contributed by atoms with E-state index >= 15 is 0 Å². The SMILES string of the molecule is CN1CCNCC1.COc1cc(N2CCCC2)c([N+](=O)[O-])cc1N=C(N)N. The second-order valence-electron chi connectivity index (χ2n) is 6.55. The average Bonchev–Trinajstić information content (AvgIpc) is 3.16. The fourth-order valence-corrected chi connectivity index (χ4v) is 3.07. The number of hydrogen-bond acceptors (Lipinski definition) is 7. The number of nitrogens with two attached hydrogens (primary N) is 2. The summed E-state index contributed by atoms with van der Waals surface area (Å²) in [5.41, 5.74) is 11.4. The zero-order valence-corrected chi connectivity index (χ0v) is 16.0. The van der Waals surface area contributed by atoms with Crippen molar-refractivity contribution in [3.63, 3.8) is 0 Å². The van der Waals surface area contributed by atoms with E-state index in [9.17, 15) is 10.1 Å². The Morgan fingerprint density at radius 2 is 1.85 bits per heavy atom. The van der Waals surface area contributed by atoms with Crippen LogP contribution in [0.3, 0.4) is 0 Å². The van der Waals surface area contributed by atoms with Crippen LogP contribution < -0.4 is 26.4 Å². The smallest absolute Gasteiger partial charge is 0.294 e. The Morgan fingerprint density at radius 3 is 2.30 bits per heavy atom. The average molecular weight is 379 g/mol. The van der Waals surface area contributed by atoms with Crippen LogP contribution >= 0.6 is 0 Å². The van der Waals surface area contributed by atoms with Gasteiger partial charge in [0.25, 0.3) is 5.69 Å². The van der Waals surface area contributed by atoms with Crippen LogP contribution in [-0.4, -0.2) is 69.2 Å². The fourth-order valence-electron chi connectivity index (χ4n) is 3.07. The van der Waals surface area contributed by atoms with Crippen LogP contribution in [0, 0.1) is 10.1 Å². The minimum absolute atomic E-state index is 0.0206. The molecule has 0 atom stereocenters. The number of nitro groups is 1. The van der Waals surface area contributed by atoms with Gasteiger partial charge in [-0.15, -0.1) is 0 Å². The van der Waals surface area contributed by atoms with Gasteiger partial charge in [-0.2, -0.15) is 0 Å². The third kappa shape index (κ3) is 5.97. The fraction of sp³-hybridized carbons (Fsp3) is 0.588. The molecule has 3 rings (SSSR count). The highest BCUT2D eigenvalue weighted by atomic mass is 16.6. The molecular weight excluding hydrogens is 350 g/mol. The molecule has 2 aliphatic heterocycles. The number of methoxy groups -OCH3 is 1. The zero-order valence-electron chi connectivity index (χ0n) is 16.0. The van der Waals surface area contributed by atoms with E-state index < -0.39 is 4.92 Å². The van der Waals surface area contributed by atoms with Gasteiger partial charge < -0.3 is 31.3 Å². The number of likely N-dealkylation sites (N-methyl/N-ethyl adjacent to an activating group) is 1. The number of hydrogen-bond donors (Lipinski definition) is 3. The number of piperazine rings is 1. The first kappa shape index (κ1) is 20.7. The van der Waals surface area contributed by atoms with Crippen molar-refractivity contribution in [3.8, 4) is 5.75 Å². The quantitative estimate of drug-likeness (QED) is 0.300. The van der Waals surface area contributed by atoms with Crippen molar-refractivity contribution >= 4 is 23.0 Å². The van der Waals surface area contributed by atoms with E-state index in [4.69, 9.17) is 16.2 Å². The topological polar surface area (TPSA) is 135 Å². The first-order valence-electron chi connectivity index (χ1n) is 9.02. The van der Waals surface area contributed by atoms with Crippen molar-refractivity contribution in [1.29, 1.82) is 0 Å². The van der Waals surface area contributed by atoms with E-state index in [0.717, 1.165) is 39.0 Å². The maximum Gasteiger partial charge on any atom is 0.294 e. The number of nitrogens with one attached hydrogen (secondary N) is 1. The van der Waals surface area contributed by atoms with Crippen LogP contribution in [0.25, 0.3) is 0 Å². The number of benzene rings is 1. The number of ether oxygens (including phenoxy) is 1. The molecule has 10 nitrogen and oxygen atoms in total. The van der Waals surface area contributed by atoms with E-state index in [1.165, 1.54) is 26.3 Å². The highest BCUT2D eigenvalue weighted by Gasteiger charge is 2.25. The normalized spacial score (nSPS) is 17.0. The van der Waals surface area contributed by atoms with Crippen LogP contribution in [-0.2, 0) is 0 Å². The Kier molecular flexibility index (Phi) is 7.62. The second kappa shape index (κ2) is 9.93. The molecule has 10 heteroatoms. The Labute approximate surface area is 159 Å². The van der Waals surface area contributed by atoms with Crippen molar-refractivity contribution in [2.75, 3.05) is 58.3 Å². The molecule has 2 saturated heterocycles. The molecule has 0 unspecified atom stereocenters. The molecule has 27 heavy (non-hydrogen) atoms. The van der Waals surface area contributed by atoms with E-state index in [1.54, 1.807) is 6.07 Å². The Balaban J connectivity index is 0.000000313. The van der Waals surface area contributed by atoms with Crippen LogP contribution in [0.1, 0.15) is 12.8 Å².